The van der Waals surface area contributed by atoms with Crippen LogP contribution in [0.4, 0.5) is 0 Å². The lowest BCUT2D eigenvalue weighted by molar-refractivity contribution is 0.109. The van der Waals surface area contributed by atoms with Crippen LogP contribution in [0.3, 0.4) is 0 Å². The van der Waals surface area contributed by atoms with Crippen LogP contribution in [0.1, 0.15) is 40.5 Å². The van der Waals surface area contributed by atoms with Gasteiger partial charge in [0.15, 0.2) is 0 Å². The Kier molecular flexibility index (Phi) is 5.07. The molecule has 2 heteroatoms. The topological polar surface area (TPSA) is 6.48 Å². The average molecular weight is 212 g/mol. The molecule has 0 amide bonds. The predicted octanol–water partition coefficient (Wildman–Crippen LogP) is 2.45. The van der Waals surface area contributed by atoms with Gasteiger partial charge in [-0.05, 0) is 60.0 Å². The van der Waals surface area contributed by atoms with Crippen LogP contribution in [0, 0.1) is 5.92 Å². The summed E-state index contributed by atoms with van der Waals surface area (Å²) in [4.78, 5) is 5.11. The number of likely N-dealkylation sites (tertiary alicyclic amines) is 1. The van der Waals surface area contributed by atoms with Gasteiger partial charge in [-0.2, -0.15) is 0 Å². The monoisotopic (exact) mass is 212 g/mol. The molecule has 0 aromatic rings. The highest BCUT2D eigenvalue weighted by atomic mass is 15.2. The van der Waals surface area contributed by atoms with Crippen LogP contribution in [-0.4, -0.2) is 48.6 Å². The van der Waals surface area contributed by atoms with Crippen LogP contribution in [0.15, 0.2) is 0 Å². The van der Waals surface area contributed by atoms with Gasteiger partial charge in [0.2, 0.25) is 0 Å². The minimum atomic E-state index is 0.680. The second-order valence-corrected chi connectivity index (χ2v) is 5.63. The van der Waals surface area contributed by atoms with Gasteiger partial charge in [-0.3, -0.25) is 0 Å². The van der Waals surface area contributed by atoms with Crippen LogP contribution in [0.2, 0.25) is 0 Å². The van der Waals surface area contributed by atoms with Crippen molar-refractivity contribution in [2.45, 2.75) is 52.6 Å². The third kappa shape index (κ3) is 4.12. The van der Waals surface area contributed by atoms with Crippen molar-refractivity contribution in [2.24, 2.45) is 5.92 Å². The first-order valence-corrected chi connectivity index (χ1v) is 6.45. The normalized spacial score (nSPS) is 24.4. The summed E-state index contributed by atoms with van der Waals surface area (Å²) in [5, 5.41) is 0. The molecule has 0 aliphatic carbocycles. The standard InChI is InChI=1S/C13H28N2/c1-11(2)14(5)9-13-7-6-8-15(10-13)12(3)4/h11-13H,6-10H2,1-5H3/t13-/m1/s1. The van der Waals surface area contributed by atoms with E-state index in [4.69, 9.17) is 0 Å². The van der Waals surface area contributed by atoms with Crippen LogP contribution >= 0.6 is 0 Å². The molecule has 1 saturated heterocycles. The summed E-state index contributed by atoms with van der Waals surface area (Å²) < 4.78 is 0. The fraction of sp³-hybridized carbons (Fsp3) is 1.00. The maximum atomic E-state index is 2.63. The van der Waals surface area contributed by atoms with Crippen LogP contribution in [-0.2, 0) is 0 Å². The first-order chi connectivity index (χ1) is 7.00. The number of nitrogens with zero attached hydrogens (tertiary/aromatic N) is 2. The highest BCUT2D eigenvalue weighted by molar-refractivity contribution is 4.77. The summed E-state index contributed by atoms with van der Waals surface area (Å²) in [6, 6.07) is 1.40. The first kappa shape index (κ1) is 13.0. The van der Waals surface area contributed by atoms with Crippen molar-refractivity contribution in [1.29, 1.82) is 0 Å². The smallest absolute Gasteiger partial charge is 0.00387 e. The zero-order valence-corrected chi connectivity index (χ0v) is 11.2. The van der Waals surface area contributed by atoms with Gasteiger partial charge in [-0.15, -0.1) is 0 Å². The minimum absolute atomic E-state index is 0.680. The van der Waals surface area contributed by atoms with Gasteiger partial charge in [-0.1, -0.05) is 0 Å². The Labute approximate surface area is 95.6 Å². The van der Waals surface area contributed by atoms with Crippen LogP contribution in [0.25, 0.3) is 0 Å². The highest BCUT2D eigenvalue weighted by Crippen LogP contribution is 2.19. The lowest BCUT2D eigenvalue weighted by Gasteiger charge is -2.37. The maximum absolute atomic E-state index is 2.63. The Hall–Kier alpha value is -0.0800. The Morgan fingerprint density at radius 1 is 1.27 bits per heavy atom. The highest BCUT2D eigenvalue weighted by Gasteiger charge is 2.22. The fourth-order valence-corrected chi connectivity index (χ4v) is 2.33. The number of piperidine rings is 1. The Bertz CT molecular complexity index is 175. The van der Waals surface area contributed by atoms with E-state index in [0.717, 1.165) is 12.0 Å². The summed E-state index contributed by atoms with van der Waals surface area (Å²) in [7, 11) is 2.25. The predicted molar refractivity (Wildman–Crippen MR) is 67.2 cm³/mol. The molecule has 0 saturated carbocycles. The lowest BCUT2D eigenvalue weighted by atomic mass is 9.96. The van der Waals surface area contributed by atoms with Gasteiger partial charge in [0.1, 0.15) is 0 Å². The molecule has 2 nitrogen and oxygen atoms in total. The Morgan fingerprint density at radius 2 is 1.93 bits per heavy atom. The number of hydrogen-bond acceptors (Lipinski definition) is 2. The first-order valence-electron chi connectivity index (χ1n) is 6.45. The van der Waals surface area contributed by atoms with Crippen molar-refractivity contribution in [2.75, 3.05) is 26.7 Å². The van der Waals surface area contributed by atoms with Crippen LogP contribution < -0.4 is 0 Å². The molecule has 1 heterocycles. The number of hydrogen-bond donors (Lipinski definition) is 0. The molecule has 0 bridgehead atoms. The fourth-order valence-electron chi connectivity index (χ4n) is 2.33. The third-order valence-electron chi connectivity index (χ3n) is 3.71. The van der Waals surface area contributed by atoms with Crippen molar-refractivity contribution in [3.05, 3.63) is 0 Å². The van der Waals surface area contributed by atoms with E-state index >= 15 is 0 Å². The largest absolute Gasteiger partial charge is 0.304 e. The van der Waals surface area contributed by atoms with Gasteiger partial charge in [0.25, 0.3) is 0 Å². The van der Waals surface area contributed by atoms with Gasteiger partial charge in [0.05, 0.1) is 0 Å². The summed E-state index contributed by atoms with van der Waals surface area (Å²) in [5.74, 6) is 0.883. The van der Waals surface area contributed by atoms with Gasteiger partial charge in [0, 0.05) is 25.2 Å². The van der Waals surface area contributed by atoms with E-state index in [1.807, 2.05) is 0 Å². The van der Waals surface area contributed by atoms with E-state index in [0.29, 0.717) is 6.04 Å². The Balaban J connectivity index is 2.36. The van der Waals surface area contributed by atoms with E-state index < -0.39 is 0 Å². The van der Waals surface area contributed by atoms with Crippen molar-refractivity contribution < 1.29 is 0 Å². The molecule has 0 aromatic carbocycles. The molecule has 1 fully saturated rings. The molecule has 1 aliphatic rings. The molecule has 0 aromatic heterocycles. The van der Waals surface area contributed by atoms with E-state index in [1.54, 1.807) is 0 Å². The maximum Gasteiger partial charge on any atom is 0.00387 e. The van der Waals surface area contributed by atoms with Gasteiger partial charge < -0.3 is 9.80 Å². The van der Waals surface area contributed by atoms with Gasteiger partial charge in [-0.25, -0.2) is 0 Å². The summed E-state index contributed by atoms with van der Waals surface area (Å²) in [6.07, 6.45) is 2.80. The second-order valence-electron chi connectivity index (χ2n) is 5.63. The van der Waals surface area contributed by atoms with E-state index in [9.17, 15) is 0 Å². The second kappa shape index (κ2) is 5.86. The number of rotatable bonds is 4. The van der Waals surface area contributed by atoms with Gasteiger partial charge >= 0.3 is 0 Å². The Morgan fingerprint density at radius 3 is 2.47 bits per heavy atom. The van der Waals surface area contributed by atoms with Crippen molar-refractivity contribution in [1.82, 2.24) is 9.80 Å². The van der Waals surface area contributed by atoms with E-state index in [-0.39, 0.29) is 0 Å². The SMILES string of the molecule is CC(C)N(C)C[C@H]1CCCN(C(C)C)C1. The van der Waals surface area contributed by atoms with E-state index in [2.05, 4.69) is 44.5 Å². The van der Waals surface area contributed by atoms with Crippen molar-refractivity contribution in [3.63, 3.8) is 0 Å². The molecule has 15 heavy (non-hydrogen) atoms. The molecular formula is C13H28N2. The van der Waals surface area contributed by atoms with Crippen molar-refractivity contribution in [3.8, 4) is 0 Å². The summed E-state index contributed by atoms with van der Waals surface area (Å²) in [5.41, 5.74) is 0. The zero-order chi connectivity index (χ0) is 11.4. The zero-order valence-electron chi connectivity index (χ0n) is 11.2. The average Bonchev–Trinajstić information content (AvgIpc) is 2.18. The van der Waals surface area contributed by atoms with Crippen molar-refractivity contribution >= 4 is 0 Å². The molecule has 0 N–H and O–H groups in total. The van der Waals surface area contributed by atoms with E-state index in [1.165, 1.54) is 32.5 Å². The quantitative estimate of drug-likeness (QED) is 0.706. The molecule has 0 radical (unpaired) electrons. The molecule has 90 valence electrons. The molecular weight excluding hydrogens is 184 g/mol. The third-order valence-corrected chi connectivity index (χ3v) is 3.71. The van der Waals surface area contributed by atoms with Crippen LogP contribution in [0.5, 0.6) is 0 Å². The summed E-state index contributed by atoms with van der Waals surface area (Å²) >= 11 is 0. The molecule has 0 unspecified atom stereocenters. The molecule has 1 aliphatic heterocycles. The molecule has 1 atom stereocenters. The molecule has 0 spiro atoms. The molecule has 1 rings (SSSR count). The minimum Gasteiger partial charge on any atom is -0.304 e. The summed E-state index contributed by atoms with van der Waals surface area (Å²) in [6.45, 7) is 13.1. The lowest BCUT2D eigenvalue weighted by Crippen LogP contribution is -2.44.